The van der Waals surface area contributed by atoms with Gasteiger partial charge in [0.1, 0.15) is 6.07 Å². The van der Waals surface area contributed by atoms with E-state index >= 15 is 0 Å². The number of para-hydroxylation sites is 1. The molecule has 1 atom stereocenters. The van der Waals surface area contributed by atoms with Crippen molar-refractivity contribution in [3.8, 4) is 6.07 Å². The van der Waals surface area contributed by atoms with Crippen molar-refractivity contribution in [2.45, 2.75) is 6.10 Å². The van der Waals surface area contributed by atoms with Crippen molar-refractivity contribution in [3.05, 3.63) is 59.7 Å². The van der Waals surface area contributed by atoms with Crippen LogP contribution in [0, 0.1) is 11.3 Å². The summed E-state index contributed by atoms with van der Waals surface area (Å²) in [4.78, 5) is 1.87. The van der Waals surface area contributed by atoms with Crippen LogP contribution in [0.2, 0.25) is 0 Å². The van der Waals surface area contributed by atoms with Gasteiger partial charge in [0.05, 0.1) is 17.4 Å². The van der Waals surface area contributed by atoms with Gasteiger partial charge in [0.2, 0.25) is 0 Å². The number of nitrogens with two attached hydrogens (primary N) is 1. The largest absolute Gasteiger partial charge is 0.399 e. The van der Waals surface area contributed by atoms with Gasteiger partial charge in [-0.05, 0) is 29.8 Å². The van der Waals surface area contributed by atoms with E-state index in [4.69, 9.17) is 11.0 Å². The number of likely N-dealkylation sites (N-methyl/N-ethyl adjacent to an activating group) is 1. The highest BCUT2D eigenvalue weighted by atomic mass is 16.3. The summed E-state index contributed by atoms with van der Waals surface area (Å²) in [6, 6.07) is 16.6. The zero-order valence-electron chi connectivity index (χ0n) is 11.3. The Labute approximate surface area is 118 Å². The van der Waals surface area contributed by atoms with Gasteiger partial charge in [-0.15, -0.1) is 0 Å². The van der Waals surface area contributed by atoms with Crippen LogP contribution in [-0.2, 0) is 0 Å². The molecule has 4 nitrogen and oxygen atoms in total. The fourth-order valence-electron chi connectivity index (χ4n) is 2.08. The lowest BCUT2D eigenvalue weighted by Gasteiger charge is -2.23. The van der Waals surface area contributed by atoms with Gasteiger partial charge >= 0.3 is 0 Å². The van der Waals surface area contributed by atoms with Crippen molar-refractivity contribution in [1.82, 2.24) is 0 Å². The molecule has 0 amide bonds. The predicted octanol–water partition coefficient (Wildman–Crippen LogP) is 2.31. The number of aliphatic hydroxyl groups excluding tert-OH is 1. The third-order valence-electron chi connectivity index (χ3n) is 3.20. The first-order valence-corrected chi connectivity index (χ1v) is 6.35. The standard InChI is InChI=1S/C16H17N3O/c1-19(15-5-3-2-4-13(15)10-17)11-16(20)12-6-8-14(18)9-7-12/h2-9,16,20H,11,18H2,1H3. The molecule has 0 radical (unpaired) electrons. The lowest BCUT2D eigenvalue weighted by molar-refractivity contribution is 0.185. The van der Waals surface area contributed by atoms with Crippen LogP contribution in [0.5, 0.6) is 0 Å². The summed E-state index contributed by atoms with van der Waals surface area (Å²) in [5, 5.41) is 19.3. The molecule has 1 unspecified atom stereocenters. The summed E-state index contributed by atoms with van der Waals surface area (Å²) in [6.07, 6.45) is -0.632. The van der Waals surface area contributed by atoms with Gasteiger partial charge in [-0.3, -0.25) is 0 Å². The van der Waals surface area contributed by atoms with Crippen molar-refractivity contribution >= 4 is 11.4 Å². The molecule has 0 aliphatic carbocycles. The Balaban J connectivity index is 2.13. The number of benzene rings is 2. The molecule has 0 spiro atoms. The third-order valence-corrected chi connectivity index (χ3v) is 3.20. The van der Waals surface area contributed by atoms with E-state index in [0.29, 0.717) is 17.8 Å². The summed E-state index contributed by atoms with van der Waals surface area (Å²) < 4.78 is 0. The number of nitrogen functional groups attached to an aromatic ring is 1. The Kier molecular flexibility index (Phi) is 4.24. The number of rotatable bonds is 4. The first-order valence-electron chi connectivity index (χ1n) is 6.35. The minimum atomic E-state index is -0.632. The molecule has 0 aliphatic heterocycles. The monoisotopic (exact) mass is 267 g/mol. The van der Waals surface area contributed by atoms with Gasteiger partial charge in [-0.2, -0.15) is 5.26 Å². The molecule has 0 bridgehead atoms. The Morgan fingerprint density at radius 2 is 1.85 bits per heavy atom. The minimum Gasteiger partial charge on any atom is -0.399 e. The fraction of sp³-hybridized carbons (Fsp3) is 0.188. The number of aliphatic hydroxyl groups is 1. The quantitative estimate of drug-likeness (QED) is 0.834. The van der Waals surface area contributed by atoms with Crippen LogP contribution in [0.3, 0.4) is 0 Å². The van der Waals surface area contributed by atoms with E-state index < -0.39 is 6.10 Å². The first-order chi connectivity index (χ1) is 9.61. The topological polar surface area (TPSA) is 73.3 Å². The maximum Gasteiger partial charge on any atom is 0.101 e. The fourth-order valence-corrected chi connectivity index (χ4v) is 2.08. The van der Waals surface area contributed by atoms with E-state index in [1.165, 1.54) is 0 Å². The highest BCUT2D eigenvalue weighted by Gasteiger charge is 2.13. The van der Waals surface area contributed by atoms with Gasteiger partial charge in [-0.25, -0.2) is 0 Å². The molecule has 2 rings (SSSR count). The van der Waals surface area contributed by atoms with Crippen LogP contribution in [0.15, 0.2) is 48.5 Å². The van der Waals surface area contributed by atoms with Gasteiger partial charge in [0, 0.05) is 19.3 Å². The zero-order valence-corrected chi connectivity index (χ0v) is 11.3. The summed E-state index contributed by atoms with van der Waals surface area (Å²) in [6.45, 7) is 0.405. The Morgan fingerprint density at radius 1 is 1.20 bits per heavy atom. The molecule has 0 fully saturated rings. The Hall–Kier alpha value is -2.51. The first kappa shape index (κ1) is 13.9. The summed E-state index contributed by atoms with van der Waals surface area (Å²) in [5.41, 5.74) is 8.51. The van der Waals surface area contributed by atoms with Crippen molar-refractivity contribution < 1.29 is 5.11 Å². The second-order valence-electron chi connectivity index (χ2n) is 4.69. The molecule has 2 aromatic carbocycles. The van der Waals surface area contributed by atoms with Crippen LogP contribution in [0.25, 0.3) is 0 Å². The molecule has 4 heteroatoms. The Morgan fingerprint density at radius 3 is 2.50 bits per heavy atom. The second-order valence-corrected chi connectivity index (χ2v) is 4.69. The molecule has 0 saturated carbocycles. The summed E-state index contributed by atoms with van der Waals surface area (Å²) >= 11 is 0. The average Bonchev–Trinajstić information content (AvgIpc) is 2.47. The van der Waals surface area contributed by atoms with Crippen molar-refractivity contribution in [3.63, 3.8) is 0 Å². The predicted molar refractivity (Wildman–Crippen MR) is 80.2 cm³/mol. The van der Waals surface area contributed by atoms with Gasteiger partial charge in [0.15, 0.2) is 0 Å². The van der Waals surface area contributed by atoms with Gasteiger partial charge in [-0.1, -0.05) is 24.3 Å². The lowest BCUT2D eigenvalue weighted by atomic mass is 10.1. The van der Waals surface area contributed by atoms with Crippen molar-refractivity contribution in [2.24, 2.45) is 0 Å². The molecule has 102 valence electrons. The van der Waals surface area contributed by atoms with E-state index in [9.17, 15) is 5.11 Å². The van der Waals surface area contributed by atoms with Crippen molar-refractivity contribution in [1.29, 1.82) is 5.26 Å². The van der Waals surface area contributed by atoms with E-state index in [-0.39, 0.29) is 0 Å². The number of hydrogen-bond donors (Lipinski definition) is 2. The molecular formula is C16H17N3O. The highest BCUT2D eigenvalue weighted by molar-refractivity contribution is 5.58. The minimum absolute atomic E-state index is 0.405. The van der Waals surface area contributed by atoms with Crippen LogP contribution in [-0.4, -0.2) is 18.7 Å². The molecular weight excluding hydrogens is 250 g/mol. The van der Waals surface area contributed by atoms with Crippen LogP contribution in [0.4, 0.5) is 11.4 Å². The van der Waals surface area contributed by atoms with Gasteiger partial charge < -0.3 is 15.7 Å². The second kappa shape index (κ2) is 6.09. The Bertz CT molecular complexity index is 616. The van der Waals surface area contributed by atoms with Crippen LogP contribution in [0.1, 0.15) is 17.2 Å². The molecule has 0 heterocycles. The molecule has 3 N–H and O–H groups in total. The van der Waals surface area contributed by atoms with Gasteiger partial charge in [0.25, 0.3) is 0 Å². The maximum atomic E-state index is 10.2. The molecule has 0 aliphatic rings. The van der Waals surface area contributed by atoms with E-state index in [0.717, 1.165) is 11.3 Å². The highest BCUT2D eigenvalue weighted by Crippen LogP contribution is 2.22. The zero-order chi connectivity index (χ0) is 14.5. The normalized spacial score (nSPS) is 11.7. The van der Waals surface area contributed by atoms with Crippen molar-refractivity contribution in [2.75, 3.05) is 24.2 Å². The number of anilines is 2. The van der Waals surface area contributed by atoms with Crippen LogP contribution < -0.4 is 10.6 Å². The summed E-state index contributed by atoms with van der Waals surface area (Å²) in [7, 11) is 1.86. The number of nitrogens with zero attached hydrogens (tertiary/aromatic N) is 2. The molecule has 2 aromatic rings. The molecule has 0 aromatic heterocycles. The average molecular weight is 267 g/mol. The van der Waals surface area contributed by atoms with E-state index in [1.54, 1.807) is 18.2 Å². The molecule has 20 heavy (non-hydrogen) atoms. The number of nitriles is 1. The molecule has 0 saturated heterocycles. The third kappa shape index (κ3) is 3.08. The van der Waals surface area contributed by atoms with E-state index in [1.807, 2.05) is 42.3 Å². The van der Waals surface area contributed by atoms with Crippen LogP contribution >= 0.6 is 0 Å². The van der Waals surface area contributed by atoms with E-state index in [2.05, 4.69) is 6.07 Å². The SMILES string of the molecule is CN(CC(O)c1ccc(N)cc1)c1ccccc1C#N. The number of hydrogen-bond acceptors (Lipinski definition) is 4. The maximum absolute atomic E-state index is 10.2. The smallest absolute Gasteiger partial charge is 0.101 e. The summed E-state index contributed by atoms with van der Waals surface area (Å²) in [5.74, 6) is 0. The lowest BCUT2D eigenvalue weighted by Crippen LogP contribution is -2.24.